The fourth-order valence-corrected chi connectivity index (χ4v) is 3.84. The molecule has 1 N–H and O–H groups in total. The molecule has 7 heteroatoms. The highest BCUT2D eigenvalue weighted by Gasteiger charge is 2.29. The number of aromatic hydroxyl groups is 1. The lowest BCUT2D eigenvalue weighted by Crippen LogP contribution is -2.50. The molecule has 0 spiro atoms. The Morgan fingerprint density at radius 3 is 2.32 bits per heavy atom. The van der Waals surface area contributed by atoms with Crippen LogP contribution in [0.4, 0.5) is 0 Å². The molecule has 1 fully saturated rings. The molecule has 28 heavy (non-hydrogen) atoms. The Kier molecular flexibility index (Phi) is 4.85. The molecule has 0 bridgehead atoms. The van der Waals surface area contributed by atoms with Crippen molar-refractivity contribution in [2.45, 2.75) is 6.92 Å². The summed E-state index contributed by atoms with van der Waals surface area (Å²) < 4.78 is 6.73. The third-order valence-electron chi connectivity index (χ3n) is 5.08. The van der Waals surface area contributed by atoms with Crippen molar-refractivity contribution in [3.63, 3.8) is 0 Å². The van der Waals surface area contributed by atoms with Crippen LogP contribution in [-0.4, -0.2) is 52.9 Å². The van der Waals surface area contributed by atoms with Gasteiger partial charge in [-0.2, -0.15) is 0 Å². The summed E-state index contributed by atoms with van der Waals surface area (Å²) in [6.07, 6.45) is 0. The number of amides is 2. The van der Waals surface area contributed by atoms with E-state index < -0.39 is 0 Å². The number of hydrogen-bond donors (Lipinski definition) is 1. The van der Waals surface area contributed by atoms with Crippen molar-refractivity contribution in [2.75, 3.05) is 26.2 Å². The number of phenols is 1. The summed E-state index contributed by atoms with van der Waals surface area (Å²) in [5.41, 5.74) is 1.77. The molecular weight excluding hydrogens is 424 g/mol. The van der Waals surface area contributed by atoms with E-state index in [-0.39, 0.29) is 23.1 Å². The Hall–Kier alpha value is -2.80. The Labute approximate surface area is 170 Å². The first-order chi connectivity index (χ1) is 13.5. The molecule has 1 saturated heterocycles. The van der Waals surface area contributed by atoms with Crippen LogP contribution in [0.2, 0.25) is 0 Å². The Morgan fingerprint density at radius 2 is 1.64 bits per heavy atom. The number of nitrogens with zero attached hydrogens (tertiary/aromatic N) is 2. The van der Waals surface area contributed by atoms with E-state index in [1.54, 1.807) is 28.0 Å². The summed E-state index contributed by atoms with van der Waals surface area (Å²) in [6, 6.07) is 12.1. The maximum atomic E-state index is 13.0. The van der Waals surface area contributed by atoms with E-state index in [0.717, 1.165) is 15.4 Å². The molecule has 0 atom stereocenters. The van der Waals surface area contributed by atoms with Crippen molar-refractivity contribution >= 4 is 38.7 Å². The summed E-state index contributed by atoms with van der Waals surface area (Å²) in [5, 5.41) is 10.8. The highest BCUT2D eigenvalue weighted by Crippen LogP contribution is 2.29. The van der Waals surface area contributed by atoms with Gasteiger partial charge in [-0.15, -0.1) is 0 Å². The van der Waals surface area contributed by atoms with Gasteiger partial charge in [0.2, 0.25) is 0 Å². The van der Waals surface area contributed by atoms with E-state index >= 15 is 0 Å². The third kappa shape index (κ3) is 3.26. The topological polar surface area (TPSA) is 74.0 Å². The van der Waals surface area contributed by atoms with E-state index in [1.165, 1.54) is 6.07 Å². The standard InChI is InChI=1S/C21H19BrN2O4/c1-13-16-12-14(22)6-7-18(16)28-19(13)21(27)24-10-8-23(9-11-24)20(26)15-4-2-3-5-17(15)25/h2-7,12,25H,8-11H2,1H3. The number of aryl methyl sites for hydroxylation is 1. The first kappa shape index (κ1) is 18.6. The third-order valence-corrected chi connectivity index (χ3v) is 5.57. The SMILES string of the molecule is Cc1c(C(=O)N2CCN(C(=O)c3ccccc3O)CC2)oc2ccc(Br)cc12. The van der Waals surface area contributed by atoms with E-state index in [1.807, 2.05) is 25.1 Å². The monoisotopic (exact) mass is 442 g/mol. The van der Waals surface area contributed by atoms with Crippen molar-refractivity contribution in [1.82, 2.24) is 9.80 Å². The van der Waals surface area contributed by atoms with Gasteiger partial charge in [0.25, 0.3) is 11.8 Å². The molecule has 4 rings (SSSR count). The summed E-state index contributed by atoms with van der Waals surface area (Å²) in [4.78, 5) is 28.9. The lowest BCUT2D eigenvalue weighted by molar-refractivity contribution is 0.0517. The zero-order valence-corrected chi connectivity index (χ0v) is 16.9. The molecule has 0 aliphatic carbocycles. The van der Waals surface area contributed by atoms with E-state index in [0.29, 0.717) is 37.5 Å². The largest absolute Gasteiger partial charge is 0.507 e. The molecule has 3 aromatic rings. The summed E-state index contributed by atoms with van der Waals surface area (Å²) >= 11 is 3.44. The summed E-state index contributed by atoms with van der Waals surface area (Å²) in [6.45, 7) is 3.52. The summed E-state index contributed by atoms with van der Waals surface area (Å²) in [5.74, 6) is -0.0851. The minimum atomic E-state index is -0.227. The van der Waals surface area contributed by atoms with Crippen LogP contribution in [-0.2, 0) is 0 Å². The minimum absolute atomic E-state index is 0.0323. The molecule has 0 saturated carbocycles. The molecule has 6 nitrogen and oxygen atoms in total. The Bertz CT molecular complexity index is 1070. The van der Waals surface area contributed by atoms with Crippen molar-refractivity contribution < 1.29 is 19.1 Å². The van der Waals surface area contributed by atoms with Crippen LogP contribution in [0.3, 0.4) is 0 Å². The smallest absolute Gasteiger partial charge is 0.290 e. The number of hydrogen-bond acceptors (Lipinski definition) is 4. The quantitative estimate of drug-likeness (QED) is 0.654. The van der Waals surface area contributed by atoms with Gasteiger partial charge in [0, 0.05) is 41.6 Å². The minimum Gasteiger partial charge on any atom is -0.507 e. The lowest BCUT2D eigenvalue weighted by Gasteiger charge is -2.34. The van der Waals surface area contributed by atoms with Crippen LogP contribution in [0.15, 0.2) is 51.4 Å². The van der Waals surface area contributed by atoms with Crippen LogP contribution in [0, 0.1) is 6.92 Å². The zero-order valence-electron chi connectivity index (χ0n) is 15.3. The van der Waals surface area contributed by atoms with Gasteiger partial charge in [-0.05, 0) is 37.3 Å². The number of fused-ring (bicyclic) bond motifs is 1. The molecule has 1 aliphatic rings. The average Bonchev–Trinajstić information content (AvgIpc) is 3.03. The van der Waals surface area contributed by atoms with Crippen LogP contribution in [0.1, 0.15) is 26.5 Å². The number of carbonyl (C=O) groups is 2. The van der Waals surface area contributed by atoms with Gasteiger partial charge in [-0.25, -0.2) is 0 Å². The molecule has 144 valence electrons. The normalized spacial score (nSPS) is 14.5. The van der Waals surface area contributed by atoms with Crippen molar-refractivity contribution in [3.05, 3.63) is 63.8 Å². The number of rotatable bonds is 2. The second-order valence-corrected chi connectivity index (χ2v) is 7.71. The van der Waals surface area contributed by atoms with Gasteiger partial charge in [0.05, 0.1) is 5.56 Å². The first-order valence-corrected chi connectivity index (χ1v) is 9.80. The molecule has 1 aliphatic heterocycles. The maximum absolute atomic E-state index is 13.0. The van der Waals surface area contributed by atoms with Crippen molar-refractivity contribution in [1.29, 1.82) is 0 Å². The van der Waals surface area contributed by atoms with Gasteiger partial charge >= 0.3 is 0 Å². The number of benzene rings is 2. The predicted octanol–water partition coefficient (Wildman–Crippen LogP) is 3.81. The second kappa shape index (κ2) is 7.31. The fraction of sp³-hybridized carbons (Fsp3) is 0.238. The number of para-hydroxylation sites is 1. The highest BCUT2D eigenvalue weighted by molar-refractivity contribution is 9.10. The fourth-order valence-electron chi connectivity index (χ4n) is 3.48. The molecule has 2 aromatic carbocycles. The molecule has 0 radical (unpaired) electrons. The van der Waals surface area contributed by atoms with Crippen molar-refractivity contribution in [2.24, 2.45) is 0 Å². The van der Waals surface area contributed by atoms with E-state index in [4.69, 9.17) is 4.42 Å². The van der Waals surface area contributed by atoms with Crippen LogP contribution >= 0.6 is 15.9 Å². The van der Waals surface area contributed by atoms with Crippen molar-refractivity contribution in [3.8, 4) is 5.75 Å². The number of piperazine rings is 1. The molecule has 0 unspecified atom stereocenters. The number of phenolic OH excluding ortho intramolecular Hbond substituents is 1. The predicted molar refractivity (Wildman–Crippen MR) is 109 cm³/mol. The lowest BCUT2D eigenvalue weighted by atomic mass is 10.1. The van der Waals surface area contributed by atoms with Crippen LogP contribution in [0.5, 0.6) is 5.75 Å². The number of furan rings is 1. The van der Waals surface area contributed by atoms with E-state index in [9.17, 15) is 14.7 Å². The van der Waals surface area contributed by atoms with Gasteiger partial charge in [0.15, 0.2) is 5.76 Å². The second-order valence-electron chi connectivity index (χ2n) is 6.80. The van der Waals surface area contributed by atoms with Crippen LogP contribution in [0.25, 0.3) is 11.0 Å². The van der Waals surface area contributed by atoms with E-state index in [2.05, 4.69) is 15.9 Å². The Morgan fingerprint density at radius 1 is 1.00 bits per heavy atom. The zero-order chi connectivity index (χ0) is 19.8. The summed E-state index contributed by atoms with van der Waals surface area (Å²) in [7, 11) is 0. The number of halogens is 1. The van der Waals surface area contributed by atoms with Gasteiger partial charge in [0.1, 0.15) is 11.3 Å². The molecule has 2 heterocycles. The maximum Gasteiger partial charge on any atom is 0.290 e. The van der Waals surface area contributed by atoms with Gasteiger partial charge < -0.3 is 19.3 Å². The molecular formula is C21H19BrN2O4. The first-order valence-electron chi connectivity index (χ1n) is 9.01. The number of carbonyl (C=O) groups excluding carboxylic acids is 2. The van der Waals surface area contributed by atoms with Crippen LogP contribution < -0.4 is 0 Å². The molecule has 1 aromatic heterocycles. The van der Waals surface area contributed by atoms with Gasteiger partial charge in [-0.3, -0.25) is 9.59 Å². The average molecular weight is 443 g/mol. The highest BCUT2D eigenvalue weighted by atomic mass is 79.9. The van der Waals surface area contributed by atoms with Gasteiger partial charge in [-0.1, -0.05) is 28.1 Å². The Balaban J connectivity index is 1.48. The molecule has 2 amide bonds.